The minimum Gasteiger partial charge on any atom is -0.399 e. The number of nitrogens with two attached hydrogens (primary N) is 2. The highest BCUT2D eigenvalue weighted by atomic mass is 14.5. The minimum atomic E-state index is 0.861. The summed E-state index contributed by atoms with van der Waals surface area (Å²) in [4.78, 5) is 0. The Kier molecular flexibility index (Phi) is 14.7. The maximum Gasteiger partial charge on any atom is 0.0314 e. The van der Waals surface area contributed by atoms with Crippen molar-refractivity contribution in [3.8, 4) is 0 Å². The van der Waals surface area contributed by atoms with Gasteiger partial charge < -0.3 is 11.5 Å². The Labute approximate surface area is 180 Å². The Morgan fingerprint density at radius 3 is 1.10 bits per heavy atom. The minimum absolute atomic E-state index is 0.861. The average molecular weight is 397 g/mol. The van der Waals surface area contributed by atoms with Crippen LogP contribution < -0.4 is 11.5 Å². The lowest BCUT2D eigenvalue weighted by atomic mass is 10.0. The van der Waals surface area contributed by atoms with Gasteiger partial charge in [-0.05, 0) is 61.1 Å². The van der Waals surface area contributed by atoms with E-state index in [0.717, 1.165) is 11.4 Å². The summed E-state index contributed by atoms with van der Waals surface area (Å²) in [7, 11) is 0. The van der Waals surface area contributed by atoms with Crippen LogP contribution in [0.5, 0.6) is 0 Å². The molecule has 0 radical (unpaired) electrons. The van der Waals surface area contributed by atoms with Crippen molar-refractivity contribution in [1.29, 1.82) is 0 Å². The molecule has 2 aromatic rings. The van der Waals surface area contributed by atoms with E-state index >= 15 is 0 Å². The van der Waals surface area contributed by atoms with Gasteiger partial charge in [0.2, 0.25) is 0 Å². The smallest absolute Gasteiger partial charge is 0.0314 e. The van der Waals surface area contributed by atoms with Crippen molar-refractivity contribution in [3.05, 3.63) is 59.7 Å². The topological polar surface area (TPSA) is 52.0 Å². The van der Waals surface area contributed by atoms with Crippen molar-refractivity contribution < 1.29 is 0 Å². The van der Waals surface area contributed by atoms with E-state index in [1.165, 1.54) is 94.6 Å². The van der Waals surface area contributed by atoms with Gasteiger partial charge in [-0.25, -0.2) is 0 Å². The molecule has 0 saturated carbocycles. The average Bonchev–Trinajstić information content (AvgIpc) is 2.74. The Bertz CT molecular complexity index is 601. The Balaban J connectivity index is 0.000000291. The van der Waals surface area contributed by atoms with Gasteiger partial charge in [0.25, 0.3) is 0 Å². The van der Waals surface area contributed by atoms with Crippen molar-refractivity contribution in [2.24, 2.45) is 0 Å². The molecule has 2 aromatic carbocycles. The zero-order valence-corrected chi connectivity index (χ0v) is 19.0. The third-order valence-corrected chi connectivity index (χ3v) is 5.35. The van der Waals surface area contributed by atoms with E-state index in [0.29, 0.717) is 0 Å². The van der Waals surface area contributed by atoms with Crippen LogP contribution in [-0.4, -0.2) is 0 Å². The first kappa shape index (κ1) is 25.1. The molecule has 0 amide bonds. The molecule has 0 aliphatic heterocycles. The molecule has 0 spiro atoms. The van der Waals surface area contributed by atoms with E-state index in [-0.39, 0.29) is 0 Å². The third kappa shape index (κ3) is 13.8. The van der Waals surface area contributed by atoms with Crippen LogP contribution in [0.15, 0.2) is 48.5 Å². The molecular formula is C27H44N2. The van der Waals surface area contributed by atoms with Crippen LogP contribution in [0.3, 0.4) is 0 Å². The highest BCUT2D eigenvalue weighted by molar-refractivity contribution is 5.39. The van der Waals surface area contributed by atoms with Gasteiger partial charge in [0, 0.05) is 11.4 Å². The fourth-order valence-corrected chi connectivity index (χ4v) is 3.41. The van der Waals surface area contributed by atoms with Crippen LogP contribution in [0.1, 0.15) is 95.6 Å². The second-order valence-corrected chi connectivity index (χ2v) is 8.17. The Hall–Kier alpha value is -1.96. The summed E-state index contributed by atoms with van der Waals surface area (Å²) in [5.74, 6) is 0. The van der Waals surface area contributed by atoms with Crippen molar-refractivity contribution >= 4 is 11.4 Å². The monoisotopic (exact) mass is 396 g/mol. The summed E-state index contributed by atoms with van der Waals surface area (Å²) in [5.41, 5.74) is 15.8. The number of unbranched alkanes of at least 4 members (excludes halogenated alkanes) is 9. The molecule has 0 bridgehead atoms. The maximum absolute atomic E-state index is 5.64. The van der Waals surface area contributed by atoms with E-state index in [2.05, 4.69) is 38.1 Å². The molecule has 2 heteroatoms. The van der Waals surface area contributed by atoms with E-state index in [1.54, 1.807) is 0 Å². The first-order chi connectivity index (χ1) is 14.2. The third-order valence-electron chi connectivity index (χ3n) is 5.35. The fourth-order valence-electron chi connectivity index (χ4n) is 3.41. The van der Waals surface area contributed by atoms with Crippen LogP contribution in [-0.2, 0) is 12.8 Å². The highest BCUT2D eigenvalue weighted by Crippen LogP contribution is 2.12. The van der Waals surface area contributed by atoms with Crippen LogP contribution in [0, 0.1) is 0 Å². The summed E-state index contributed by atoms with van der Waals surface area (Å²) in [5, 5.41) is 0. The molecule has 0 saturated heterocycles. The predicted octanol–water partition coefficient (Wildman–Crippen LogP) is 7.95. The lowest BCUT2D eigenvalue weighted by Gasteiger charge is -2.02. The molecule has 0 aliphatic carbocycles. The van der Waals surface area contributed by atoms with Crippen molar-refractivity contribution in [1.82, 2.24) is 0 Å². The number of rotatable bonds is 13. The largest absolute Gasteiger partial charge is 0.399 e. The first-order valence-corrected chi connectivity index (χ1v) is 11.8. The van der Waals surface area contributed by atoms with Gasteiger partial charge in [-0.3, -0.25) is 0 Å². The number of aryl methyl sites for hydroxylation is 2. The second kappa shape index (κ2) is 16.9. The normalized spacial score (nSPS) is 10.4. The van der Waals surface area contributed by atoms with Crippen LogP contribution in [0.4, 0.5) is 11.4 Å². The number of nitrogen functional groups attached to an aromatic ring is 2. The Morgan fingerprint density at radius 2 is 0.759 bits per heavy atom. The lowest BCUT2D eigenvalue weighted by Crippen LogP contribution is -1.88. The SMILES string of the molecule is CCCCCCCCc1ccc(N)cc1.CCCCCCCc1ccc(N)cc1. The van der Waals surface area contributed by atoms with Gasteiger partial charge in [-0.15, -0.1) is 0 Å². The molecule has 2 rings (SSSR count). The summed E-state index contributed by atoms with van der Waals surface area (Å²) >= 11 is 0. The summed E-state index contributed by atoms with van der Waals surface area (Å²) in [6.45, 7) is 4.51. The lowest BCUT2D eigenvalue weighted by molar-refractivity contribution is 0.607. The molecule has 2 nitrogen and oxygen atoms in total. The predicted molar refractivity (Wildman–Crippen MR) is 131 cm³/mol. The fraction of sp³-hybridized carbons (Fsp3) is 0.556. The molecule has 0 aliphatic rings. The molecule has 0 fully saturated rings. The molecule has 4 N–H and O–H groups in total. The van der Waals surface area contributed by atoms with Gasteiger partial charge in [0.15, 0.2) is 0 Å². The van der Waals surface area contributed by atoms with Gasteiger partial charge in [-0.2, -0.15) is 0 Å². The van der Waals surface area contributed by atoms with Crippen molar-refractivity contribution in [3.63, 3.8) is 0 Å². The molecule has 0 heterocycles. The standard InChI is InChI=1S/C14H23N.C13H21N/c1-2-3-4-5-6-7-8-13-9-11-14(15)12-10-13;1-2-3-4-5-6-7-12-8-10-13(14)11-9-12/h9-12H,2-8,15H2,1H3;8-11H,2-7,14H2,1H3. The summed E-state index contributed by atoms with van der Waals surface area (Å²) in [6, 6.07) is 16.5. The van der Waals surface area contributed by atoms with Crippen LogP contribution in [0.2, 0.25) is 0 Å². The number of hydrogen-bond donors (Lipinski definition) is 2. The number of benzene rings is 2. The number of hydrogen-bond acceptors (Lipinski definition) is 2. The van der Waals surface area contributed by atoms with Gasteiger partial charge >= 0.3 is 0 Å². The molecular weight excluding hydrogens is 352 g/mol. The van der Waals surface area contributed by atoms with Crippen molar-refractivity contribution in [2.75, 3.05) is 11.5 Å². The first-order valence-electron chi connectivity index (χ1n) is 11.8. The molecule has 29 heavy (non-hydrogen) atoms. The van der Waals surface area contributed by atoms with E-state index in [4.69, 9.17) is 11.5 Å². The van der Waals surface area contributed by atoms with E-state index in [1.807, 2.05) is 24.3 Å². The van der Waals surface area contributed by atoms with Crippen LogP contribution >= 0.6 is 0 Å². The molecule has 0 unspecified atom stereocenters. The quantitative estimate of drug-likeness (QED) is 0.266. The zero-order valence-electron chi connectivity index (χ0n) is 19.0. The van der Waals surface area contributed by atoms with E-state index in [9.17, 15) is 0 Å². The van der Waals surface area contributed by atoms with Crippen LogP contribution in [0.25, 0.3) is 0 Å². The zero-order chi connectivity index (χ0) is 21.2. The van der Waals surface area contributed by atoms with Gasteiger partial charge in [-0.1, -0.05) is 95.9 Å². The molecule has 0 atom stereocenters. The molecule has 0 aromatic heterocycles. The van der Waals surface area contributed by atoms with E-state index < -0.39 is 0 Å². The second-order valence-electron chi connectivity index (χ2n) is 8.17. The summed E-state index contributed by atoms with van der Waals surface area (Å²) < 4.78 is 0. The Morgan fingerprint density at radius 1 is 0.448 bits per heavy atom. The summed E-state index contributed by atoms with van der Waals surface area (Å²) in [6.07, 6.45) is 17.3. The molecule has 162 valence electrons. The van der Waals surface area contributed by atoms with Crippen molar-refractivity contribution in [2.45, 2.75) is 97.3 Å². The number of anilines is 2. The van der Waals surface area contributed by atoms with Gasteiger partial charge in [0.05, 0.1) is 0 Å². The van der Waals surface area contributed by atoms with Gasteiger partial charge in [0.1, 0.15) is 0 Å². The maximum atomic E-state index is 5.64. The highest BCUT2D eigenvalue weighted by Gasteiger charge is 1.94.